The maximum atomic E-state index is 11.8. The number of aromatic amines is 1. The molecule has 0 saturated carbocycles. The van der Waals surface area contributed by atoms with E-state index >= 15 is 0 Å². The zero-order valence-corrected chi connectivity index (χ0v) is 14.2. The van der Waals surface area contributed by atoms with Crippen LogP contribution in [0.1, 0.15) is 44.3 Å². The Hall–Kier alpha value is -1.88. The Bertz CT molecular complexity index is 677. The number of amides is 1. The van der Waals surface area contributed by atoms with E-state index in [1.165, 1.54) is 19.3 Å². The molecule has 4 rings (SSSR count). The van der Waals surface area contributed by atoms with Gasteiger partial charge >= 0.3 is 0 Å². The van der Waals surface area contributed by atoms with Gasteiger partial charge in [-0.2, -0.15) is 0 Å². The van der Waals surface area contributed by atoms with Crippen LogP contribution in [0.15, 0.2) is 24.3 Å². The smallest absolute Gasteiger partial charge is 0.222 e. The van der Waals surface area contributed by atoms with Crippen LogP contribution in [0.2, 0.25) is 0 Å². The minimum atomic E-state index is 0.342. The molecular formula is C19H26N4O. The number of benzene rings is 1. The maximum absolute atomic E-state index is 11.8. The molecule has 2 aliphatic heterocycles. The van der Waals surface area contributed by atoms with Crippen molar-refractivity contribution in [3.8, 4) is 0 Å². The first-order chi connectivity index (χ1) is 11.8. The van der Waals surface area contributed by atoms with Gasteiger partial charge in [0.2, 0.25) is 5.91 Å². The molecule has 0 aliphatic carbocycles. The lowest BCUT2D eigenvalue weighted by Crippen LogP contribution is -2.41. The number of nitrogens with zero attached hydrogens (tertiary/aromatic N) is 3. The monoisotopic (exact) mass is 326 g/mol. The number of para-hydroxylation sites is 2. The van der Waals surface area contributed by atoms with Gasteiger partial charge in [-0.15, -0.1) is 0 Å². The molecule has 1 N–H and O–H groups in total. The van der Waals surface area contributed by atoms with Crippen LogP contribution >= 0.6 is 0 Å². The molecular weight excluding hydrogens is 300 g/mol. The molecule has 2 aliphatic rings. The Labute approximate surface area is 143 Å². The molecule has 1 atom stereocenters. The summed E-state index contributed by atoms with van der Waals surface area (Å²) in [6.45, 7) is 3.89. The first-order valence-corrected chi connectivity index (χ1v) is 9.25. The van der Waals surface area contributed by atoms with Crippen LogP contribution in [0.25, 0.3) is 11.0 Å². The van der Waals surface area contributed by atoms with Gasteiger partial charge in [0.15, 0.2) is 0 Å². The van der Waals surface area contributed by atoms with Gasteiger partial charge in [-0.3, -0.25) is 9.69 Å². The van der Waals surface area contributed by atoms with Gasteiger partial charge in [0, 0.05) is 25.6 Å². The van der Waals surface area contributed by atoms with Crippen LogP contribution in [0.5, 0.6) is 0 Å². The van der Waals surface area contributed by atoms with E-state index in [-0.39, 0.29) is 0 Å². The molecule has 5 nitrogen and oxygen atoms in total. The highest BCUT2D eigenvalue weighted by atomic mass is 16.2. The highest BCUT2D eigenvalue weighted by Gasteiger charge is 2.26. The molecule has 2 aromatic rings. The van der Waals surface area contributed by atoms with E-state index in [4.69, 9.17) is 4.98 Å². The third-order valence-electron chi connectivity index (χ3n) is 5.44. The van der Waals surface area contributed by atoms with Crippen LogP contribution in [-0.4, -0.2) is 51.4 Å². The maximum Gasteiger partial charge on any atom is 0.222 e. The number of fused-ring (bicyclic) bond motifs is 1. The molecule has 128 valence electrons. The predicted octanol–water partition coefficient (Wildman–Crippen LogP) is 2.93. The number of nitrogens with one attached hydrogen (secondary N) is 1. The average Bonchev–Trinajstić information content (AvgIpc) is 3.19. The van der Waals surface area contributed by atoms with E-state index < -0.39 is 0 Å². The third kappa shape index (κ3) is 3.31. The molecule has 0 bridgehead atoms. The average molecular weight is 326 g/mol. The highest BCUT2D eigenvalue weighted by Crippen LogP contribution is 2.23. The largest absolute Gasteiger partial charge is 0.343 e. The SMILES string of the molecule is O=C1CCCN1CC[C@@H]1CCCCN1Cc1nc2ccccc2[nH]1. The van der Waals surface area contributed by atoms with Gasteiger partial charge in [-0.25, -0.2) is 4.98 Å². The molecule has 2 fully saturated rings. The first kappa shape index (κ1) is 15.6. The van der Waals surface area contributed by atoms with Crippen molar-refractivity contribution in [3.63, 3.8) is 0 Å². The number of imidazole rings is 1. The summed E-state index contributed by atoms with van der Waals surface area (Å²) in [6.07, 6.45) is 6.67. The van der Waals surface area contributed by atoms with Crippen molar-refractivity contribution in [2.75, 3.05) is 19.6 Å². The van der Waals surface area contributed by atoms with Crippen LogP contribution in [0, 0.1) is 0 Å². The van der Waals surface area contributed by atoms with Gasteiger partial charge in [0.1, 0.15) is 5.82 Å². The molecule has 0 spiro atoms. The molecule has 0 unspecified atom stereocenters. The fourth-order valence-electron chi connectivity index (χ4n) is 4.11. The van der Waals surface area contributed by atoms with Crippen molar-refractivity contribution >= 4 is 16.9 Å². The van der Waals surface area contributed by atoms with E-state index in [2.05, 4.69) is 22.0 Å². The van der Waals surface area contributed by atoms with Gasteiger partial charge < -0.3 is 9.88 Å². The lowest BCUT2D eigenvalue weighted by Gasteiger charge is -2.36. The molecule has 1 aromatic heterocycles. The summed E-state index contributed by atoms with van der Waals surface area (Å²) in [5, 5.41) is 0. The van der Waals surface area contributed by atoms with Crippen LogP contribution in [0.4, 0.5) is 0 Å². The zero-order chi connectivity index (χ0) is 16.4. The molecule has 1 amide bonds. The van der Waals surface area contributed by atoms with Crippen LogP contribution in [-0.2, 0) is 11.3 Å². The number of rotatable bonds is 5. The van der Waals surface area contributed by atoms with Gasteiger partial charge in [-0.05, 0) is 44.4 Å². The van der Waals surface area contributed by atoms with Crippen molar-refractivity contribution in [2.24, 2.45) is 0 Å². The third-order valence-corrected chi connectivity index (χ3v) is 5.44. The number of aromatic nitrogens is 2. The Morgan fingerprint density at radius 2 is 2.08 bits per heavy atom. The standard InChI is InChI=1S/C19H26N4O/c24-19-9-5-12-22(19)13-10-15-6-3-4-11-23(15)14-18-20-16-7-1-2-8-17(16)21-18/h1-2,7-8,15H,3-6,9-14H2,(H,20,21)/t15-/m0/s1. The number of carbonyl (C=O) groups excluding carboxylic acids is 1. The second-order valence-corrected chi connectivity index (χ2v) is 7.09. The van der Waals surface area contributed by atoms with E-state index in [9.17, 15) is 4.79 Å². The Kier molecular flexibility index (Phi) is 4.52. The summed E-state index contributed by atoms with van der Waals surface area (Å²) >= 11 is 0. The van der Waals surface area contributed by atoms with E-state index in [1.54, 1.807) is 0 Å². The number of likely N-dealkylation sites (tertiary alicyclic amines) is 2. The fourth-order valence-corrected chi connectivity index (χ4v) is 4.11. The summed E-state index contributed by atoms with van der Waals surface area (Å²) in [5.41, 5.74) is 2.16. The second-order valence-electron chi connectivity index (χ2n) is 7.09. The summed E-state index contributed by atoms with van der Waals surface area (Å²) in [7, 11) is 0. The van der Waals surface area contributed by atoms with Crippen molar-refractivity contribution in [2.45, 2.75) is 51.1 Å². The van der Waals surface area contributed by atoms with E-state index in [0.29, 0.717) is 11.9 Å². The highest BCUT2D eigenvalue weighted by molar-refractivity contribution is 5.78. The summed E-state index contributed by atoms with van der Waals surface area (Å²) in [4.78, 5) is 24.6. The van der Waals surface area contributed by atoms with Crippen LogP contribution in [0.3, 0.4) is 0 Å². The molecule has 5 heteroatoms. The predicted molar refractivity (Wildman–Crippen MR) is 94.6 cm³/mol. The molecule has 0 radical (unpaired) electrons. The zero-order valence-electron chi connectivity index (χ0n) is 14.2. The lowest BCUT2D eigenvalue weighted by atomic mass is 9.99. The first-order valence-electron chi connectivity index (χ1n) is 9.25. The number of piperidine rings is 1. The normalized spacial score (nSPS) is 22.6. The quantitative estimate of drug-likeness (QED) is 0.919. The lowest BCUT2D eigenvalue weighted by molar-refractivity contribution is -0.127. The number of carbonyl (C=O) groups is 1. The number of H-pyrrole nitrogens is 1. The minimum Gasteiger partial charge on any atom is -0.343 e. The summed E-state index contributed by atoms with van der Waals surface area (Å²) < 4.78 is 0. The molecule has 2 saturated heterocycles. The Balaban J connectivity index is 1.40. The van der Waals surface area contributed by atoms with Crippen molar-refractivity contribution < 1.29 is 4.79 Å². The Morgan fingerprint density at radius 3 is 2.92 bits per heavy atom. The van der Waals surface area contributed by atoms with Gasteiger partial charge in [0.25, 0.3) is 0 Å². The number of hydrogen-bond donors (Lipinski definition) is 1. The van der Waals surface area contributed by atoms with Gasteiger partial charge in [0.05, 0.1) is 17.6 Å². The van der Waals surface area contributed by atoms with Crippen molar-refractivity contribution in [1.29, 1.82) is 0 Å². The fraction of sp³-hybridized carbons (Fsp3) is 0.579. The summed E-state index contributed by atoms with van der Waals surface area (Å²) in [5.74, 6) is 1.40. The molecule has 1 aromatic carbocycles. The van der Waals surface area contributed by atoms with E-state index in [1.807, 2.05) is 17.0 Å². The Morgan fingerprint density at radius 1 is 1.17 bits per heavy atom. The van der Waals surface area contributed by atoms with Crippen LogP contribution < -0.4 is 0 Å². The summed E-state index contributed by atoms with van der Waals surface area (Å²) in [6, 6.07) is 8.78. The minimum absolute atomic E-state index is 0.342. The van der Waals surface area contributed by atoms with E-state index in [0.717, 1.165) is 62.3 Å². The van der Waals surface area contributed by atoms with Gasteiger partial charge in [-0.1, -0.05) is 18.6 Å². The van der Waals surface area contributed by atoms with Crippen molar-refractivity contribution in [1.82, 2.24) is 19.8 Å². The molecule has 24 heavy (non-hydrogen) atoms. The topological polar surface area (TPSA) is 52.2 Å². The second kappa shape index (κ2) is 6.93. The molecule has 3 heterocycles. The number of hydrogen-bond acceptors (Lipinski definition) is 3. The van der Waals surface area contributed by atoms with Crippen molar-refractivity contribution in [3.05, 3.63) is 30.1 Å².